The fraction of sp³-hybridized carbons (Fsp3) is 0.875. The van der Waals surface area contributed by atoms with Crippen LogP contribution in [0.25, 0.3) is 0 Å². The number of hydrogen-bond acceptors (Lipinski definition) is 4. The second kappa shape index (κ2) is 3.03. The Morgan fingerprint density at radius 1 is 1.75 bits per heavy atom. The molecule has 0 aromatic carbocycles. The molecular formula is C8H16N2O2. The summed E-state index contributed by atoms with van der Waals surface area (Å²) in [6.45, 7) is 6.18. The number of rotatable bonds is 3. The quantitative estimate of drug-likeness (QED) is 0.450. The van der Waals surface area contributed by atoms with Gasteiger partial charge in [-0.2, -0.15) is 0 Å². The fourth-order valence-corrected chi connectivity index (χ4v) is 1.27. The van der Waals surface area contributed by atoms with Crippen LogP contribution in [-0.4, -0.2) is 30.2 Å². The van der Waals surface area contributed by atoms with E-state index in [1.165, 1.54) is 0 Å². The van der Waals surface area contributed by atoms with Gasteiger partial charge in [0, 0.05) is 5.54 Å². The first kappa shape index (κ1) is 9.48. The van der Waals surface area contributed by atoms with Gasteiger partial charge in [-0.15, -0.1) is 0 Å². The molecule has 1 fully saturated rings. The first-order valence-electron chi connectivity index (χ1n) is 4.19. The molecule has 0 aromatic rings. The van der Waals surface area contributed by atoms with E-state index < -0.39 is 6.04 Å². The Morgan fingerprint density at radius 3 is 2.58 bits per heavy atom. The monoisotopic (exact) mass is 172 g/mol. The van der Waals surface area contributed by atoms with Crippen molar-refractivity contribution in [1.29, 1.82) is 0 Å². The third-order valence-electron chi connectivity index (χ3n) is 2.14. The number of hydrogen-bond donors (Lipinski definition) is 2. The summed E-state index contributed by atoms with van der Waals surface area (Å²) in [6, 6.07) is -0.462. The highest BCUT2D eigenvalue weighted by atomic mass is 16.5. The molecule has 0 aliphatic carbocycles. The van der Waals surface area contributed by atoms with Gasteiger partial charge in [0.1, 0.15) is 6.04 Å². The number of nitrogens with one attached hydrogen (secondary N) is 1. The van der Waals surface area contributed by atoms with Gasteiger partial charge in [-0.25, -0.2) is 0 Å². The zero-order valence-corrected chi connectivity index (χ0v) is 7.76. The fourth-order valence-electron chi connectivity index (χ4n) is 1.27. The molecule has 0 aromatic heterocycles. The maximum atomic E-state index is 11.1. The van der Waals surface area contributed by atoms with Crippen molar-refractivity contribution in [1.82, 2.24) is 5.32 Å². The molecule has 1 rings (SSSR count). The summed E-state index contributed by atoms with van der Waals surface area (Å²) in [4.78, 5) is 11.1. The lowest BCUT2D eigenvalue weighted by Gasteiger charge is -2.09. The van der Waals surface area contributed by atoms with Crippen molar-refractivity contribution in [3.05, 3.63) is 0 Å². The highest BCUT2D eigenvalue weighted by Gasteiger charge is 2.51. The van der Waals surface area contributed by atoms with Gasteiger partial charge >= 0.3 is 5.97 Å². The van der Waals surface area contributed by atoms with Crippen LogP contribution in [0.15, 0.2) is 0 Å². The molecule has 0 unspecified atom stereocenters. The maximum Gasteiger partial charge on any atom is 0.324 e. The molecule has 0 bridgehead atoms. The van der Waals surface area contributed by atoms with E-state index in [9.17, 15) is 4.79 Å². The average molecular weight is 172 g/mol. The van der Waals surface area contributed by atoms with Crippen molar-refractivity contribution in [2.45, 2.75) is 38.4 Å². The summed E-state index contributed by atoms with van der Waals surface area (Å²) in [5.74, 6) is -0.319. The molecule has 1 saturated heterocycles. The van der Waals surface area contributed by atoms with E-state index in [1.54, 1.807) is 6.92 Å². The number of carbonyl (C=O) groups excluding carboxylic acids is 1. The summed E-state index contributed by atoms with van der Waals surface area (Å²) >= 11 is 0. The molecule has 0 spiro atoms. The van der Waals surface area contributed by atoms with E-state index in [0.29, 0.717) is 6.61 Å². The molecule has 2 atom stereocenters. The first-order valence-corrected chi connectivity index (χ1v) is 4.19. The minimum atomic E-state index is -0.528. The first-order chi connectivity index (χ1) is 5.49. The van der Waals surface area contributed by atoms with Crippen molar-refractivity contribution in [2.24, 2.45) is 5.73 Å². The SMILES string of the molecule is CCOC(=O)[C@@H](N)[C@H]1NC1(C)C. The van der Waals surface area contributed by atoms with Gasteiger partial charge < -0.3 is 15.8 Å². The van der Waals surface area contributed by atoms with Crippen molar-refractivity contribution >= 4 is 5.97 Å². The summed E-state index contributed by atoms with van der Waals surface area (Å²) in [6.07, 6.45) is 0. The standard InChI is InChI=1S/C8H16N2O2/c1-4-12-7(11)5(9)6-8(2,3)10-6/h5-6,10H,4,9H2,1-3H3/t5-,6+/m0/s1. The molecule has 1 heterocycles. The van der Waals surface area contributed by atoms with E-state index >= 15 is 0 Å². The van der Waals surface area contributed by atoms with Crippen LogP contribution in [0, 0.1) is 0 Å². The Balaban J connectivity index is 2.39. The highest BCUT2D eigenvalue weighted by molar-refractivity contribution is 5.77. The zero-order valence-electron chi connectivity index (χ0n) is 7.76. The predicted octanol–water partition coefficient (Wildman–Crippen LogP) is -0.373. The Bertz CT molecular complexity index is 191. The molecule has 0 saturated carbocycles. The lowest BCUT2D eigenvalue weighted by molar-refractivity contribution is -0.144. The van der Waals surface area contributed by atoms with E-state index in [4.69, 9.17) is 10.5 Å². The van der Waals surface area contributed by atoms with Crippen molar-refractivity contribution < 1.29 is 9.53 Å². The van der Waals surface area contributed by atoms with Gasteiger partial charge in [-0.05, 0) is 20.8 Å². The minimum absolute atomic E-state index is 0.00776. The van der Waals surface area contributed by atoms with Crippen molar-refractivity contribution in [3.63, 3.8) is 0 Å². The Labute approximate surface area is 72.5 Å². The lowest BCUT2D eigenvalue weighted by Crippen LogP contribution is -2.40. The summed E-state index contributed by atoms with van der Waals surface area (Å²) in [5, 5.41) is 3.12. The lowest BCUT2D eigenvalue weighted by atomic mass is 10.1. The summed E-state index contributed by atoms with van der Waals surface area (Å²) < 4.78 is 4.79. The summed E-state index contributed by atoms with van der Waals surface area (Å²) in [7, 11) is 0. The van der Waals surface area contributed by atoms with E-state index in [0.717, 1.165) is 0 Å². The van der Waals surface area contributed by atoms with E-state index in [1.807, 2.05) is 13.8 Å². The predicted molar refractivity (Wildman–Crippen MR) is 45.6 cm³/mol. The molecular weight excluding hydrogens is 156 g/mol. The van der Waals surface area contributed by atoms with E-state index in [-0.39, 0.29) is 17.6 Å². The maximum absolute atomic E-state index is 11.1. The van der Waals surface area contributed by atoms with Gasteiger partial charge in [0.2, 0.25) is 0 Å². The van der Waals surface area contributed by atoms with Gasteiger partial charge in [-0.3, -0.25) is 4.79 Å². The third kappa shape index (κ3) is 1.76. The normalized spacial score (nSPS) is 27.8. The van der Waals surface area contributed by atoms with Crippen LogP contribution in [0.3, 0.4) is 0 Å². The van der Waals surface area contributed by atoms with Crippen LogP contribution < -0.4 is 11.1 Å². The van der Waals surface area contributed by atoms with Crippen LogP contribution in [0.1, 0.15) is 20.8 Å². The molecule has 4 heteroatoms. The molecule has 4 nitrogen and oxygen atoms in total. The molecule has 70 valence electrons. The zero-order chi connectivity index (χ0) is 9.35. The Kier molecular flexibility index (Phi) is 2.39. The van der Waals surface area contributed by atoms with Crippen molar-refractivity contribution in [2.75, 3.05) is 6.61 Å². The number of nitrogens with two attached hydrogens (primary N) is 1. The number of esters is 1. The van der Waals surface area contributed by atoms with Crippen molar-refractivity contribution in [3.8, 4) is 0 Å². The molecule has 0 amide bonds. The largest absolute Gasteiger partial charge is 0.465 e. The summed E-state index contributed by atoms with van der Waals surface area (Å²) in [5.41, 5.74) is 5.64. The van der Waals surface area contributed by atoms with Gasteiger partial charge in [0.15, 0.2) is 0 Å². The Hall–Kier alpha value is -0.610. The smallest absolute Gasteiger partial charge is 0.324 e. The minimum Gasteiger partial charge on any atom is -0.465 e. The highest BCUT2D eigenvalue weighted by Crippen LogP contribution is 2.27. The van der Waals surface area contributed by atoms with E-state index in [2.05, 4.69) is 5.32 Å². The topological polar surface area (TPSA) is 74.3 Å². The van der Waals surface area contributed by atoms with Crippen LogP contribution in [-0.2, 0) is 9.53 Å². The molecule has 3 N–H and O–H groups in total. The van der Waals surface area contributed by atoms with Crippen LogP contribution in [0.5, 0.6) is 0 Å². The second-order valence-corrected chi connectivity index (χ2v) is 3.62. The van der Waals surface area contributed by atoms with Crippen LogP contribution in [0.2, 0.25) is 0 Å². The van der Waals surface area contributed by atoms with Gasteiger partial charge in [-0.1, -0.05) is 0 Å². The average Bonchev–Trinajstić information content (AvgIpc) is 2.59. The molecule has 12 heavy (non-hydrogen) atoms. The molecule has 1 aliphatic heterocycles. The number of ether oxygens (including phenoxy) is 1. The second-order valence-electron chi connectivity index (χ2n) is 3.62. The van der Waals surface area contributed by atoms with Gasteiger partial charge in [0.05, 0.1) is 12.6 Å². The van der Waals surface area contributed by atoms with Crippen LogP contribution >= 0.6 is 0 Å². The molecule has 1 aliphatic rings. The van der Waals surface area contributed by atoms with Crippen LogP contribution in [0.4, 0.5) is 0 Å². The Morgan fingerprint density at radius 2 is 2.25 bits per heavy atom. The molecule has 0 radical (unpaired) electrons. The van der Waals surface area contributed by atoms with Gasteiger partial charge in [0.25, 0.3) is 0 Å². The number of carbonyl (C=O) groups is 1. The third-order valence-corrected chi connectivity index (χ3v) is 2.14.